The molecule has 0 bridgehead atoms. The monoisotopic (exact) mass is 468 g/mol. The predicted molar refractivity (Wildman–Crippen MR) is 128 cm³/mol. The van der Waals surface area contributed by atoms with Gasteiger partial charge in [-0.15, -0.1) is 28.1 Å². The SMILES string of the molecule is C=CCn1c(CCC2CCCCC2)nnc1SCc1csc(-c2ccc3c(c2)OCO3)n1. The lowest BCUT2D eigenvalue weighted by atomic mass is 9.86. The van der Waals surface area contributed by atoms with E-state index in [2.05, 4.69) is 26.7 Å². The number of allylic oxidation sites excluding steroid dienone is 1. The molecule has 168 valence electrons. The number of benzene rings is 1. The molecule has 0 atom stereocenters. The van der Waals surface area contributed by atoms with Gasteiger partial charge in [-0.1, -0.05) is 49.9 Å². The molecule has 3 heterocycles. The average Bonchev–Trinajstić information content (AvgIpc) is 3.57. The van der Waals surface area contributed by atoms with Crippen molar-refractivity contribution in [2.45, 2.75) is 62.4 Å². The molecular formula is C24H28N4O2S2. The molecule has 0 spiro atoms. The number of nitrogens with zero attached hydrogens (tertiary/aromatic N) is 4. The van der Waals surface area contributed by atoms with Gasteiger partial charge in [-0.25, -0.2) is 4.98 Å². The van der Waals surface area contributed by atoms with Crippen LogP contribution in [0.4, 0.5) is 0 Å². The van der Waals surface area contributed by atoms with Gasteiger partial charge in [0.05, 0.1) is 5.69 Å². The third-order valence-electron chi connectivity index (χ3n) is 6.13. The van der Waals surface area contributed by atoms with E-state index in [0.717, 1.165) is 63.4 Å². The lowest BCUT2D eigenvalue weighted by Gasteiger charge is -2.21. The maximum absolute atomic E-state index is 5.49. The van der Waals surface area contributed by atoms with Gasteiger partial charge in [-0.3, -0.25) is 0 Å². The topological polar surface area (TPSA) is 62.1 Å². The number of thiazole rings is 1. The zero-order valence-corrected chi connectivity index (χ0v) is 19.8. The highest BCUT2D eigenvalue weighted by atomic mass is 32.2. The Bertz CT molecular complexity index is 1070. The van der Waals surface area contributed by atoms with E-state index >= 15 is 0 Å². The van der Waals surface area contributed by atoms with E-state index in [-0.39, 0.29) is 6.79 Å². The van der Waals surface area contributed by atoms with E-state index < -0.39 is 0 Å². The van der Waals surface area contributed by atoms with Crippen molar-refractivity contribution < 1.29 is 9.47 Å². The highest BCUT2D eigenvalue weighted by molar-refractivity contribution is 7.98. The Morgan fingerprint density at radius 3 is 2.91 bits per heavy atom. The fraction of sp³-hybridized carbons (Fsp3) is 0.458. The summed E-state index contributed by atoms with van der Waals surface area (Å²) in [5.74, 6) is 4.27. The highest BCUT2D eigenvalue weighted by Gasteiger charge is 2.18. The van der Waals surface area contributed by atoms with Crippen LogP contribution in [0, 0.1) is 5.92 Å². The Morgan fingerprint density at radius 1 is 1.16 bits per heavy atom. The van der Waals surface area contributed by atoms with E-state index in [1.54, 1.807) is 23.1 Å². The summed E-state index contributed by atoms with van der Waals surface area (Å²) in [7, 11) is 0. The number of hydrogen-bond acceptors (Lipinski definition) is 7. The van der Waals surface area contributed by atoms with Crippen molar-refractivity contribution in [1.82, 2.24) is 19.7 Å². The molecule has 2 aromatic heterocycles. The second-order valence-corrected chi connectivity index (χ2v) is 10.1. The molecule has 1 aliphatic carbocycles. The van der Waals surface area contributed by atoms with Crippen LogP contribution in [0.5, 0.6) is 11.5 Å². The number of thioether (sulfide) groups is 1. The van der Waals surface area contributed by atoms with Crippen LogP contribution in [0.1, 0.15) is 50.0 Å². The second kappa shape index (κ2) is 10.1. The van der Waals surface area contributed by atoms with E-state index in [4.69, 9.17) is 14.5 Å². The molecule has 2 aliphatic rings. The Balaban J connectivity index is 1.22. The van der Waals surface area contributed by atoms with E-state index in [1.807, 2.05) is 24.3 Å². The van der Waals surface area contributed by atoms with Crippen molar-refractivity contribution >= 4 is 23.1 Å². The van der Waals surface area contributed by atoms with Gasteiger partial charge in [0.25, 0.3) is 0 Å². The van der Waals surface area contributed by atoms with Gasteiger partial charge < -0.3 is 14.0 Å². The van der Waals surface area contributed by atoms with Crippen molar-refractivity contribution in [3.63, 3.8) is 0 Å². The first-order chi connectivity index (χ1) is 15.8. The summed E-state index contributed by atoms with van der Waals surface area (Å²) in [6.45, 7) is 4.96. The van der Waals surface area contributed by atoms with Gasteiger partial charge in [-0.2, -0.15) is 0 Å². The number of rotatable bonds is 9. The summed E-state index contributed by atoms with van der Waals surface area (Å²) in [5, 5.41) is 13.1. The molecule has 1 saturated carbocycles. The molecule has 0 N–H and O–H groups in total. The molecule has 0 radical (unpaired) electrons. The Morgan fingerprint density at radius 2 is 2.03 bits per heavy atom. The summed E-state index contributed by atoms with van der Waals surface area (Å²) in [5.41, 5.74) is 2.10. The first-order valence-electron chi connectivity index (χ1n) is 11.3. The number of ether oxygens (including phenoxy) is 2. The van der Waals surface area contributed by atoms with Crippen LogP contribution in [0.25, 0.3) is 10.6 Å². The van der Waals surface area contributed by atoms with Crippen LogP contribution in [0.2, 0.25) is 0 Å². The number of hydrogen-bond donors (Lipinski definition) is 0. The first-order valence-corrected chi connectivity index (χ1v) is 13.2. The standard InChI is InChI=1S/C24H28N4O2S2/c1-2-12-28-22(11-8-17-6-4-3-5-7-17)26-27-24(28)32-15-19-14-31-23(25-19)18-9-10-20-21(13-18)30-16-29-20/h2,9-10,13-14,17H,1,3-8,11-12,15-16H2. The second-order valence-electron chi connectivity index (χ2n) is 8.34. The molecule has 1 fully saturated rings. The number of aryl methyl sites for hydroxylation is 1. The third kappa shape index (κ3) is 4.86. The average molecular weight is 469 g/mol. The van der Waals surface area contributed by atoms with Gasteiger partial charge in [-0.05, 0) is 30.5 Å². The molecule has 0 saturated heterocycles. The van der Waals surface area contributed by atoms with E-state index in [1.165, 1.54) is 38.5 Å². The van der Waals surface area contributed by atoms with Crippen molar-refractivity contribution in [2.75, 3.05) is 6.79 Å². The van der Waals surface area contributed by atoms with Crippen molar-refractivity contribution in [3.05, 3.63) is 47.8 Å². The molecule has 5 rings (SSSR count). The molecule has 0 amide bonds. The van der Waals surface area contributed by atoms with Gasteiger partial charge in [0, 0.05) is 29.7 Å². The minimum absolute atomic E-state index is 0.284. The maximum atomic E-state index is 5.49. The highest BCUT2D eigenvalue weighted by Crippen LogP contribution is 2.37. The van der Waals surface area contributed by atoms with Crippen LogP contribution >= 0.6 is 23.1 Å². The number of aromatic nitrogens is 4. The molecular weight excluding hydrogens is 440 g/mol. The molecule has 1 aromatic carbocycles. The quantitative estimate of drug-likeness (QED) is 0.278. The minimum atomic E-state index is 0.284. The number of fused-ring (bicyclic) bond motifs is 1. The summed E-state index contributed by atoms with van der Waals surface area (Å²) in [6.07, 6.45) is 11.0. The zero-order valence-electron chi connectivity index (χ0n) is 18.2. The molecule has 1 aliphatic heterocycles. The molecule has 32 heavy (non-hydrogen) atoms. The van der Waals surface area contributed by atoms with Crippen LogP contribution in [0.15, 0.2) is 41.4 Å². The Kier molecular flexibility index (Phi) is 6.78. The summed E-state index contributed by atoms with van der Waals surface area (Å²) >= 11 is 3.34. The summed E-state index contributed by atoms with van der Waals surface area (Å²) in [6, 6.07) is 5.97. The van der Waals surface area contributed by atoms with Crippen LogP contribution < -0.4 is 9.47 Å². The van der Waals surface area contributed by atoms with E-state index in [0.29, 0.717) is 0 Å². The Hall–Kier alpha value is -2.32. The molecule has 6 nitrogen and oxygen atoms in total. The van der Waals surface area contributed by atoms with Gasteiger partial charge >= 0.3 is 0 Å². The van der Waals surface area contributed by atoms with Gasteiger partial charge in [0.1, 0.15) is 10.8 Å². The van der Waals surface area contributed by atoms with Crippen LogP contribution in [-0.4, -0.2) is 26.5 Å². The van der Waals surface area contributed by atoms with Gasteiger partial charge in [0.2, 0.25) is 6.79 Å². The summed E-state index contributed by atoms with van der Waals surface area (Å²) in [4.78, 5) is 4.82. The van der Waals surface area contributed by atoms with Crippen LogP contribution in [-0.2, 0) is 18.7 Å². The fourth-order valence-corrected chi connectivity index (χ4v) is 6.19. The van der Waals surface area contributed by atoms with Crippen molar-refractivity contribution in [3.8, 4) is 22.1 Å². The van der Waals surface area contributed by atoms with Crippen LogP contribution in [0.3, 0.4) is 0 Å². The largest absolute Gasteiger partial charge is 0.454 e. The third-order valence-corrected chi connectivity index (χ3v) is 8.07. The van der Waals surface area contributed by atoms with Crippen molar-refractivity contribution in [1.29, 1.82) is 0 Å². The normalized spacial score (nSPS) is 15.9. The fourth-order valence-electron chi connectivity index (χ4n) is 4.41. The molecule has 8 heteroatoms. The lowest BCUT2D eigenvalue weighted by Crippen LogP contribution is -2.10. The van der Waals surface area contributed by atoms with Crippen molar-refractivity contribution in [2.24, 2.45) is 5.92 Å². The minimum Gasteiger partial charge on any atom is -0.454 e. The van der Waals surface area contributed by atoms with Gasteiger partial charge in [0.15, 0.2) is 16.7 Å². The summed E-state index contributed by atoms with van der Waals surface area (Å²) < 4.78 is 13.1. The predicted octanol–water partition coefficient (Wildman–Crippen LogP) is 6.12. The first kappa shape index (κ1) is 21.5. The maximum Gasteiger partial charge on any atom is 0.231 e. The molecule has 3 aromatic rings. The Labute approximate surface area is 197 Å². The smallest absolute Gasteiger partial charge is 0.231 e. The van der Waals surface area contributed by atoms with E-state index in [9.17, 15) is 0 Å². The lowest BCUT2D eigenvalue weighted by molar-refractivity contribution is 0.174. The molecule has 0 unspecified atom stereocenters. The zero-order chi connectivity index (χ0) is 21.8.